The third-order valence-corrected chi connectivity index (χ3v) is 6.67. The average molecular weight is 399 g/mol. The zero-order valence-electron chi connectivity index (χ0n) is 14.7. The van der Waals surface area contributed by atoms with E-state index in [2.05, 4.69) is 10.2 Å². The van der Waals surface area contributed by atoms with E-state index in [1.54, 1.807) is 16.2 Å². The number of alkyl halides is 3. The lowest BCUT2D eigenvalue weighted by molar-refractivity contribution is -0.158. The van der Waals surface area contributed by atoms with Gasteiger partial charge in [0.05, 0.1) is 11.3 Å². The van der Waals surface area contributed by atoms with Gasteiger partial charge < -0.3 is 9.32 Å². The molecule has 1 unspecified atom stereocenters. The van der Waals surface area contributed by atoms with E-state index in [1.165, 1.54) is 0 Å². The molecule has 2 aromatic rings. The van der Waals surface area contributed by atoms with E-state index in [4.69, 9.17) is 4.42 Å². The summed E-state index contributed by atoms with van der Waals surface area (Å²) in [5, 5.41) is 8.70. The molecule has 0 aromatic carbocycles. The third kappa shape index (κ3) is 3.37. The Kier molecular flexibility index (Phi) is 4.73. The molecule has 1 saturated carbocycles. The largest absolute Gasteiger partial charge is 0.470 e. The number of aromatic nitrogens is 2. The molecule has 3 heterocycles. The summed E-state index contributed by atoms with van der Waals surface area (Å²) < 4.78 is 43.0. The van der Waals surface area contributed by atoms with Crippen molar-refractivity contribution < 1.29 is 22.4 Å². The van der Waals surface area contributed by atoms with Crippen LogP contribution >= 0.6 is 11.3 Å². The second kappa shape index (κ2) is 6.92. The van der Waals surface area contributed by atoms with Crippen LogP contribution in [0.25, 0.3) is 0 Å². The van der Waals surface area contributed by atoms with Gasteiger partial charge in [-0.25, -0.2) is 0 Å². The number of rotatable bonds is 3. The molecule has 0 spiro atoms. The number of piperidine rings is 1. The van der Waals surface area contributed by atoms with Crippen LogP contribution in [0.2, 0.25) is 0 Å². The molecule has 27 heavy (non-hydrogen) atoms. The number of carbonyl (C=O) groups excluding carboxylic acids is 1. The summed E-state index contributed by atoms with van der Waals surface area (Å²) in [6, 6.07) is 3.98. The Morgan fingerprint density at radius 3 is 2.67 bits per heavy atom. The normalized spacial score (nSPS) is 22.9. The van der Waals surface area contributed by atoms with Gasteiger partial charge in [0.15, 0.2) is 0 Å². The van der Waals surface area contributed by atoms with Gasteiger partial charge in [-0.15, -0.1) is 21.5 Å². The van der Waals surface area contributed by atoms with E-state index in [0.29, 0.717) is 25.9 Å². The molecule has 1 amide bonds. The summed E-state index contributed by atoms with van der Waals surface area (Å²) in [7, 11) is 0. The lowest BCUT2D eigenvalue weighted by Crippen LogP contribution is -2.48. The summed E-state index contributed by atoms with van der Waals surface area (Å²) in [4.78, 5) is 16.3. The predicted octanol–water partition coefficient (Wildman–Crippen LogP) is 4.37. The number of hydrogen-bond donors (Lipinski definition) is 0. The number of likely N-dealkylation sites (tertiary alicyclic amines) is 1. The van der Waals surface area contributed by atoms with E-state index in [1.807, 2.05) is 17.5 Å². The summed E-state index contributed by atoms with van der Waals surface area (Å²) >= 11 is 1.60. The van der Waals surface area contributed by atoms with Crippen molar-refractivity contribution in [3.63, 3.8) is 0 Å². The SMILES string of the molecule is O=C(N1CCCC(c2nnc(C(F)(F)F)o2)C1)C1(c2cccs2)CCCC1. The Labute approximate surface area is 158 Å². The monoisotopic (exact) mass is 399 g/mol. The van der Waals surface area contributed by atoms with Gasteiger partial charge in [-0.3, -0.25) is 4.79 Å². The van der Waals surface area contributed by atoms with Gasteiger partial charge in [0.2, 0.25) is 11.8 Å². The highest BCUT2D eigenvalue weighted by Gasteiger charge is 2.47. The molecule has 146 valence electrons. The molecule has 0 radical (unpaired) electrons. The molecule has 1 aliphatic heterocycles. The van der Waals surface area contributed by atoms with Crippen LogP contribution in [0.15, 0.2) is 21.9 Å². The minimum Gasteiger partial charge on any atom is -0.417 e. The third-order valence-electron chi connectivity index (χ3n) is 5.60. The zero-order chi connectivity index (χ0) is 19.1. The van der Waals surface area contributed by atoms with E-state index in [-0.39, 0.29) is 17.7 Å². The van der Waals surface area contributed by atoms with Crippen LogP contribution < -0.4 is 0 Å². The maximum atomic E-state index is 13.4. The fourth-order valence-corrected chi connectivity index (χ4v) is 5.25. The van der Waals surface area contributed by atoms with Crippen molar-refractivity contribution in [2.75, 3.05) is 13.1 Å². The number of hydrogen-bond acceptors (Lipinski definition) is 5. The minimum atomic E-state index is -4.65. The standard InChI is InChI=1S/C18H20F3N3O2S/c19-18(20,21)15-23-22-14(26-15)12-5-3-9-24(11-12)16(25)17(7-1-2-8-17)13-6-4-10-27-13/h4,6,10,12H,1-3,5,7-9,11H2. The number of thiophene rings is 1. The van der Waals surface area contributed by atoms with Crippen LogP contribution in [-0.2, 0) is 16.4 Å². The van der Waals surface area contributed by atoms with Gasteiger partial charge in [-0.1, -0.05) is 18.9 Å². The van der Waals surface area contributed by atoms with Crippen molar-refractivity contribution in [3.8, 4) is 0 Å². The van der Waals surface area contributed by atoms with E-state index >= 15 is 0 Å². The van der Waals surface area contributed by atoms with Gasteiger partial charge in [0, 0.05) is 18.0 Å². The summed E-state index contributed by atoms with van der Waals surface area (Å²) in [6.45, 7) is 0.939. The minimum absolute atomic E-state index is 0.0311. The molecule has 4 rings (SSSR count). The first-order valence-electron chi connectivity index (χ1n) is 9.14. The molecule has 1 atom stereocenters. The number of nitrogens with zero attached hydrogens (tertiary/aromatic N) is 3. The van der Waals surface area contributed by atoms with Crippen LogP contribution in [0.5, 0.6) is 0 Å². The number of halogens is 3. The average Bonchev–Trinajstić information content (AvgIpc) is 3.42. The quantitative estimate of drug-likeness (QED) is 0.769. The molecule has 9 heteroatoms. The number of amides is 1. The van der Waals surface area contributed by atoms with Gasteiger partial charge in [0.25, 0.3) is 0 Å². The topological polar surface area (TPSA) is 59.2 Å². The van der Waals surface area contributed by atoms with E-state index < -0.39 is 17.5 Å². The first kappa shape index (κ1) is 18.5. The van der Waals surface area contributed by atoms with Crippen LogP contribution in [0.4, 0.5) is 13.2 Å². The van der Waals surface area contributed by atoms with Crippen molar-refractivity contribution in [1.82, 2.24) is 15.1 Å². The molecule has 2 aromatic heterocycles. The summed E-state index contributed by atoms with van der Waals surface area (Å²) in [5.41, 5.74) is -0.484. The van der Waals surface area contributed by atoms with Crippen molar-refractivity contribution in [3.05, 3.63) is 34.2 Å². The molecular formula is C18H20F3N3O2S. The Morgan fingerprint density at radius 2 is 2.04 bits per heavy atom. The predicted molar refractivity (Wildman–Crippen MR) is 92.3 cm³/mol. The highest BCUT2D eigenvalue weighted by Crippen LogP contribution is 2.45. The first-order valence-corrected chi connectivity index (χ1v) is 10.0. The van der Waals surface area contributed by atoms with Crippen LogP contribution in [0.3, 0.4) is 0 Å². The van der Waals surface area contributed by atoms with Gasteiger partial charge in [-0.05, 0) is 37.1 Å². The Morgan fingerprint density at radius 1 is 1.26 bits per heavy atom. The van der Waals surface area contributed by atoms with Crippen LogP contribution in [0, 0.1) is 0 Å². The molecular weight excluding hydrogens is 379 g/mol. The molecule has 1 saturated heterocycles. The molecule has 0 bridgehead atoms. The van der Waals surface area contributed by atoms with Crippen LogP contribution in [-0.4, -0.2) is 34.1 Å². The highest BCUT2D eigenvalue weighted by molar-refractivity contribution is 7.10. The molecule has 2 aliphatic rings. The Bertz CT molecular complexity index is 797. The van der Waals surface area contributed by atoms with Gasteiger partial charge >= 0.3 is 12.1 Å². The maximum absolute atomic E-state index is 13.4. The second-order valence-corrected chi connectivity index (χ2v) is 8.25. The fourth-order valence-electron chi connectivity index (χ4n) is 4.28. The van der Waals surface area contributed by atoms with Crippen LogP contribution in [0.1, 0.15) is 61.1 Å². The second-order valence-electron chi connectivity index (χ2n) is 7.30. The van der Waals surface area contributed by atoms with Gasteiger partial charge in [-0.2, -0.15) is 13.2 Å². The molecule has 1 aliphatic carbocycles. The first-order chi connectivity index (χ1) is 12.9. The zero-order valence-corrected chi connectivity index (χ0v) is 15.5. The maximum Gasteiger partial charge on any atom is 0.470 e. The lowest BCUT2D eigenvalue weighted by atomic mass is 9.82. The van der Waals surface area contributed by atoms with Crippen molar-refractivity contribution in [2.24, 2.45) is 0 Å². The lowest BCUT2D eigenvalue weighted by Gasteiger charge is -2.38. The summed E-state index contributed by atoms with van der Waals surface area (Å²) in [6.07, 6.45) is 0.371. The van der Waals surface area contributed by atoms with Crippen molar-refractivity contribution in [1.29, 1.82) is 0 Å². The summed E-state index contributed by atoms with van der Waals surface area (Å²) in [5.74, 6) is -1.63. The Balaban J connectivity index is 1.54. The number of carbonyl (C=O) groups is 1. The smallest absolute Gasteiger partial charge is 0.417 e. The fraction of sp³-hybridized carbons (Fsp3) is 0.611. The highest BCUT2D eigenvalue weighted by atomic mass is 32.1. The van der Waals surface area contributed by atoms with E-state index in [0.717, 1.165) is 30.6 Å². The Hall–Kier alpha value is -1.90. The van der Waals surface area contributed by atoms with Gasteiger partial charge in [0.1, 0.15) is 0 Å². The molecule has 5 nitrogen and oxygen atoms in total. The van der Waals surface area contributed by atoms with E-state index in [9.17, 15) is 18.0 Å². The molecule has 0 N–H and O–H groups in total. The van der Waals surface area contributed by atoms with Crippen molar-refractivity contribution in [2.45, 2.75) is 56.0 Å². The van der Waals surface area contributed by atoms with Crippen molar-refractivity contribution >= 4 is 17.2 Å². The molecule has 2 fully saturated rings.